The quantitative estimate of drug-likeness (QED) is 0.650. The van der Waals surface area contributed by atoms with Gasteiger partial charge in [0.25, 0.3) is 0 Å². The molecule has 5 nitrogen and oxygen atoms in total. The predicted octanol–water partition coefficient (Wildman–Crippen LogP) is 1.53. The summed E-state index contributed by atoms with van der Waals surface area (Å²) in [6, 6.07) is 3.69. The second kappa shape index (κ2) is 6.37. The van der Waals surface area contributed by atoms with Crippen LogP contribution in [0.3, 0.4) is 0 Å². The highest BCUT2D eigenvalue weighted by molar-refractivity contribution is 5.14. The fourth-order valence-electron chi connectivity index (χ4n) is 1.85. The van der Waals surface area contributed by atoms with Crippen LogP contribution < -0.4 is 5.32 Å². The summed E-state index contributed by atoms with van der Waals surface area (Å²) in [5, 5.41) is 19.1. The Morgan fingerprint density at radius 3 is 2.89 bits per heavy atom. The van der Waals surface area contributed by atoms with Gasteiger partial charge in [-0.15, -0.1) is 0 Å². The van der Waals surface area contributed by atoms with Gasteiger partial charge in [-0.1, -0.05) is 0 Å². The van der Waals surface area contributed by atoms with E-state index in [9.17, 15) is 0 Å². The Balaban J connectivity index is 1.63. The van der Waals surface area contributed by atoms with Crippen molar-refractivity contribution >= 4 is 0 Å². The fraction of sp³-hybridized carbons (Fsp3) is 0.462. The van der Waals surface area contributed by atoms with E-state index < -0.39 is 0 Å². The van der Waals surface area contributed by atoms with Crippen LogP contribution in [0.4, 0.5) is 0 Å². The molecule has 2 rings (SSSR count). The van der Waals surface area contributed by atoms with E-state index in [0.29, 0.717) is 12.3 Å². The molecule has 0 saturated carbocycles. The second-order valence-electron chi connectivity index (χ2n) is 4.33. The van der Waals surface area contributed by atoms with Crippen molar-refractivity contribution in [3.63, 3.8) is 0 Å². The van der Waals surface area contributed by atoms with Crippen LogP contribution in [0, 0.1) is 6.92 Å². The van der Waals surface area contributed by atoms with Crippen molar-refractivity contribution in [2.24, 2.45) is 0 Å². The zero-order valence-corrected chi connectivity index (χ0v) is 10.6. The van der Waals surface area contributed by atoms with Crippen molar-refractivity contribution < 1.29 is 9.52 Å². The van der Waals surface area contributed by atoms with Crippen molar-refractivity contribution in [1.82, 2.24) is 15.5 Å². The summed E-state index contributed by atoms with van der Waals surface area (Å²) in [6.07, 6.45) is 3.97. The molecule has 0 bridgehead atoms. The van der Waals surface area contributed by atoms with Gasteiger partial charge in [0.2, 0.25) is 0 Å². The molecule has 0 unspecified atom stereocenters. The highest BCUT2D eigenvalue weighted by Gasteiger charge is 2.01. The smallest absolute Gasteiger partial charge is 0.129 e. The molecular weight excluding hydrogens is 230 g/mol. The summed E-state index contributed by atoms with van der Waals surface area (Å²) in [4.78, 5) is 0. The average Bonchev–Trinajstić information content (AvgIpc) is 2.98. The van der Waals surface area contributed by atoms with Crippen molar-refractivity contribution in [2.45, 2.75) is 32.9 Å². The zero-order chi connectivity index (χ0) is 12.8. The Morgan fingerprint density at radius 1 is 1.39 bits per heavy atom. The molecule has 0 aliphatic carbocycles. The van der Waals surface area contributed by atoms with Gasteiger partial charge < -0.3 is 14.8 Å². The van der Waals surface area contributed by atoms with Gasteiger partial charge in [0.1, 0.15) is 18.1 Å². The van der Waals surface area contributed by atoms with E-state index in [1.54, 1.807) is 6.07 Å². The molecule has 2 heterocycles. The van der Waals surface area contributed by atoms with Gasteiger partial charge in [-0.3, -0.25) is 5.10 Å². The second-order valence-corrected chi connectivity index (χ2v) is 4.33. The Kier molecular flexibility index (Phi) is 4.55. The Labute approximate surface area is 106 Å². The van der Waals surface area contributed by atoms with Gasteiger partial charge in [0.15, 0.2) is 0 Å². The molecule has 0 saturated heterocycles. The van der Waals surface area contributed by atoms with Gasteiger partial charge in [-0.2, -0.15) is 5.10 Å². The first-order valence-corrected chi connectivity index (χ1v) is 6.17. The highest BCUT2D eigenvalue weighted by atomic mass is 16.4. The first kappa shape index (κ1) is 12.9. The van der Waals surface area contributed by atoms with Crippen LogP contribution >= 0.6 is 0 Å². The normalized spacial score (nSPS) is 11.0. The number of nitrogens with zero attached hydrogens (tertiary/aromatic N) is 1. The molecule has 0 aromatic carbocycles. The molecule has 2 aromatic rings. The predicted molar refractivity (Wildman–Crippen MR) is 68.0 cm³/mol. The van der Waals surface area contributed by atoms with E-state index in [1.165, 1.54) is 5.56 Å². The molecule has 0 atom stereocenters. The molecule has 0 radical (unpaired) electrons. The van der Waals surface area contributed by atoms with Crippen LogP contribution in [0.2, 0.25) is 0 Å². The summed E-state index contributed by atoms with van der Waals surface area (Å²) in [6.45, 7) is 3.62. The van der Waals surface area contributed by atoms with Gasteiger partial charge in [-0.05, 0) is 44.0 Å². The number of aliphatic hydroxyl groups excluding tert-OH is 1. The van der Waals surface area contributed by atoms with Gasteiger partial charge >= 0.3 is 0 Å². The maximum absolute atomic E-state index is 8.87. The lowest BCUT2D eigenvalue weighted by Gasteiger charge is -2.02. The number of rotatable bonds is 7. The first-order chi connectivity index (χ1) is 8.79. The summed E-state index contributed by atoms with van der Waals surface area (Å²) in [5.74, 6) is 1.47. The Morgan fingerprint density at radius 2 is 2.22 bits per heavy atom. The number of aryl methyl sites for hydroxylation is 2. The molecule has 18 heavy (non-hydrogen) atoms. The van der Waals surface area contributed by atoms with E-state index >= 15 is 0 Å². The van der Waals surface area contributed by atoms with E-state index in [0.717, 1.165) is 30.8 Å². The molecule has 0 fully saturated rings. The SMILES string of the molecule is Cc1[nH]ncc1CCCNCc1ccc(CO)o1. The van der Waals surface area contributed by atoms with Gasteiger partial charge in [0, 0.05) is 5.69 Å². The van der Waals surface area contributed by atoms with E-state index in [1.807, 2.05) is 19.2 Å². The monoisotopic (exact) mass is 249 g/mol. The highest BCUT2D eigenvalue weighted by Crippen LogP contribution is 2.08. The molecule has 0 aliphatic heterocycles. The van der Waals surface area contributed by atoms with Crippen molar-refractivity contribution in [2.75, 3.05) is 6.54 Å². The lowest BCUT2D eigenvalue weighted by Crippen LogP contribution is -2.14. The third-order valence-electron chi connectivity index (χ3n) is 2.91. The van der Waals surface area contributed by atoms with Crippen LogP contribution in [0.25, 0.3) is 0 Å². The summed E-state index contributed by atoms with van der Waals surface area (Å²) in [5.41, 5.74) is 2.42. The van der Waals surface area contributed by atoms with Crippen molar-refractivity contribution in [3.05, 3.63) is 41.1 Å². The maximum atomic E-state index is 8.87. The van der Waals surface area contributed by atoms with Crippen LogP contribution in [-0.4, -0.2) is 21.8 Å². The molecule has 2 aromatic heterocycles. The molecule has 5 heteroatoms. The molecule has 0 aliphatic rings. The minimum absolute atomic E-state index is 0.0419. The number of H-pyrrole nitrogens is 1. The fourth-order valence-corrected chi connectivity index (χ4v) is 1.85. The van der Waals surface area contributed by atoms with Gasteiger partial charge in [-0.25, -0.2) is 0 Å². The first-order valence-electron chi connectivity index (χ1n) is 6.17. The van der Waals surface area contributed by atoms with Crippen LogP contribution in [0.1, 0.15) is 29.2 Å². The maximum Gasteiger partial charge on any atom is 0.129 e. The number of nitrogens with one attached hydrogen (secondary N) is 2. The third kappa shape index (κ3) is 3.45. The summed E-state index contributed by atoms with van der Waals surface area (Å²) < 4.78 is 5.38. The van der Waals surface area contributed by atoms with Crippen molar-refractivity contribution in [3.8, 4) is 0 Å². The molecule has 3 N–H and O–H groups in total. The minimum Gasteiger partial charge on any atom is -0.462 e. The molecule has 0 spiro atoms. The zero-order valence-electron chi connectivity index (χ0n) is 10.6. The van der Waals surface area contributed by atoms with E-state index in [-0.39, 0.29) is 6.61 Å². The van der Waals surface area contributed by atoms with E-state index in [4.69, 9.17) is 9.52 Å². The Hall–Kier alpha value is -1.59. The number of furan rings is 1. The third-order valence-corrected chi connectivity index (χ3v) is 2.91. The molecule has 0 amide bonds. The Bertz CT molecular complexity index is 476. The lowest BCUT2D eigenvalue weighted by atomic mass is 10.1. The number of aromatic amines is 1. The standard InChI is InChI=1S/C13H19N3O2/c1-10-11(7-15-16-10)3-2-6-14-8-12-4-5-13(9-17)18-12/h4-5,7,14,17H,2-3,6,8-9H2,1H3,(H,15,16). The average molecular weight is 249 g/mol. The van der Waals surface area contributed by atoms with Gasteiger partial charge in [0.05, 0.1) is 12.7 Å². The number of hydrogen-bond acceptors (Lipinski definition) is 4. The molecular formula is C13H19N3O2. The topological polar surface area (TPSA) is 74.1 Å². The molecule has 98 valence electrons. The minimum atomic E-state index is -0.0419. The van der Waals surface area contributed by atoms with Crippen LogP contribution in [-0.2, 0) is 19.6 Å². The van der Waals surface area contributed by atoms with E-state index in [2.05, 4.69) is 15.5 Å². The van der Waals surface area contributed by atoms with Crippen LogP contribution in [0.5, 0.6) is 0 Å². The number of aromatic nitrogens is 2. The largest absolute Gasteiger partial charge is 0.462 e. The van der Waals surface area contributed by atoms with Crippen molar-refractivity contribution in [1.29, 1.82) is 0 Å². The number of aliphatic hydroxyl groups is 1. The van der Waals surface area contributed by atoms with Crippen LogP contribution in [0.15, 0.2) is 22.7 Å². The summed E-state index contributed by atoms with van der Waals surface area (Å²) >= 11 is 0. The number of hydrogen-bond donors (Lipinski definition) is 3. The summed E-state index contributed by atoms with van der Waals surface area (Å²) in [7, 11) is 0. The lowest BCUT2D eigenvalue weighted by molar-refractivity contribution is 0.243.